The maximum Gasteiger partial charge on any atom is 0.234 e. The van der Waals surface area contributed by atoms with Crippen LogP contribution in [-0.2, 0) is 16.0 Å². The molecule has 1 aromatic carbocycles. The van der Waals surface area contributed by atoms with Crippen LogP contribution in [0.2, 0.25) is 0 Å². The van der Waals surface area contributed by atoms with E-state index in [0.717, 1.165) is 13.0 Å². The van der Waals surface area contributed by atoms with E-state index in [9.17, 15) is 4.79 Å². The minimum Gasteiger partial charge on any atom is -0.383 e. The Kier molecular flexibility index (Phi) is 7.06. The Morgan fingerprint density at radius 1 is 1.33 bits per heavy atom. The molecule has 0 spiro atoms. The lowest BCUT2D eigenvalue weighted by atomic mass is 10.1. The highest BCUT2D eigenvalue weighted by Crippen LogP contribution is 1.97. The van der Waals surface area contributed by atoms with Gasteiger partial charge in [-0.1, -0.05) is 30.3 Å². The molecule has 1 rings (SSSR count). The molecule has 0 heterocycles. The molecule has 1 amide bonds. The molecule has 0 aliphatic rings. The van der Waals surface area contributed by atoms with Gasteiger partial charge in [-0.3, -0.25) is 4.79 Å². The lowest BCUT2D eigenvalue weighted by molar-refractivity contribution is -0.121. The first-order valence-corrected chi connectivity index (χ1v) is 6.25. The van der Waals surface area contributed by atoms with Crippen LogP contribution in [-0.4, -0.2) is 38.8 Å². The number of ether oxygens (including phenoxy) is 1. The van der Waals surface area contributed by atoms with E-state index < -0.39 is 0 Å². The topological polar surface area (TPSA) is 50.4 Å². The van der Waals surface area contributed by atoms with Gasteiger partial charge in [-0.2, -0.15) is 0 Å². The summed E-state index contributed by atoms with van der Waals surface area (Å²) in [6.45, 7) is 3.61. The molecule has 0 aromatic heterocycles. The normalized spacial score (nSPS) is 12.1. The third kappa shape index (κ3) is 6.37. The summed E-state index contributed by atoms with van der Waals surface area (Å²) in [4.78, 5) is 11.5. The molecule has 4 nitrogen and oxygen atoms in total. The quantitative estimate of drug-likeness (QED) is 0.676. The first-order valence-electron chi connectivity index (χ1n) is 6.25. The number of carbonyl (C=O) groups excluding carboxylic acids is 1. The second-order valence-electron chi connectivity index (χ2n) is 4.34. The van der Waals surface area contributed by atoms with Crippen LogP contribution >= 0.6 is 0 Å². The number of benzene rings is 1. The molecule has 1 unspecified atom stereocenters. The van der Waals surface area contributed by atoms with Gasteiger partial charge in [0.15, 0.2) is 0 Å². The lowest BCUT2D eigenvalue weighted by Gasteiger charge is -2.13. The molecule has 1 aromatic rings. The van der Waals surface area contributed by atoms with E-state index in [4.69, 9.17) is 4.74 Å². The Bertz CT molecular complexity index is 341. The molecule has 0 aliphatic carbocycles. The van der Waals surface area contributed by atoms with E-state index in [0.29, 0.717) is 13.2 Å². The maximum atomic E-state index is 11.5. The van der Waals surface area contributed by atoms with Crippen LogP contribution in [0.5, 0.6) is 0 Å². The summed E-state index contributed by atoms with van der Waals surface area (Å²) < 4.78 is 4.95. The molecule has 0 radical (unpaired) electrons. The van der Waals surface area contributed by atoms with E-state index in [1.807, 2.05) is 25.1 Å². The molecule has 0 aliphatic heterocycles. The third-order valence-corrected chi connectivity index (χ3v) is 2.54. The summed E-state index contributed by atoms with van der Waals surface area (Å²) in [6, 6.07) is 10.3. The summed E-state index contributed by atoms with van der Waals surface area (Å²) in [5, 5.41) is 5.98. The summed E-state index contributed by atoms with van der Waals surface area (Å²) in [6.07, 6.45) is 0.932. The molecule has 2 N–H and O–H groups in total. The SMILES string of the molecule is COCC(C)NC(=O)CNCCc1ccccc1. The minimum absolute atomic E-state index is 0.00705. The first kappa shape index (κ1) is 14.7. The Morgan fingerprint density at radius 3 is 2.72 bits per heavy atom. The van der Waals surface area contributed by atoms with Crippen molar-refractivity contribution in [1.29, 1.82) is 0 Å². The van der Waals surface area contributed by atoms with Crippen molar-refractivity contribution >= 4 is 5.91 Å². The van der Waals surface area contributed by atoms with Crippen LogP contribution < -0.4 is 10.6 Å². The van der Waals surface area contributed by atoms with Crippen molar-refractivity contribution in [3.05, 3.63) is 35.9 Å². The standard InChI is InChI=1S/C14H22N2O2/c1-12(11-18-2)16-14(17)10-15-9-8-13-6-4-3-5-7-13/h3-7,12,15H,8-11H2,1-2H3,(H,16,17). The molecule has 4 heteroatoms. The minimum atomic E-state index is 0.00705. The molecule has 0 fully saturated rings. The first-order chi connectivity index (χ1) is 8.72. The van der Waals surface area contributed by atoms with Gasteiger partial charge in [0.1, 0.15) is 0 Å². The Morgan fingerprint density at radius 2 is 2.06 bits per heavy atom. The predicted molar refractivity (Wildman–Crippen MR) is 72.5 cm³/mol. The second-order valence-corrected chi connectivity index (χ2v) is 4.34. The molecule has 18 heavy (non-hydrogen) atoms. The molecule has 1 atom stereocenters. The fourth-order valence-electron chi connectivity index (χ4n) is 1.70. The second kappa shape index (κ2) is 8.66. The number of amides is 1. The van der Waals surface area contributed by atoms with Gasteiger partial charge >= 0.3 is 0 Å². The molecule has 100 valence electrons. The van der Waals surface area contributed by atoms with Crippen molar-refractivity contribution in [2.45, 2.75) is 19.4 Å². The van der Waals surface area contributed by atoms with Crippen LogP contribution in [0.1, 0.15) is 12.5 Å². The molecule has 0 bridgehead atoms. The van der Waals surface area contributed by atoms with E-state index in [1.54, 1.807) is 7.11 Å². The Balaban J connectivity index is 2.09. The highest BCUT2D eigenvalue weighted by molar-refractivity contribution is 5.78. The lowest BCUT2D eigenvalue weighted by Crippen LogP contribution is -2.41. The Hall–Kier alpha value is -1.39. The van der Waals surface area contributed by atoms with Gasteiger partial charge in [0, 0.05) is 13.2 Å². The largest absolute Gasteiger partial charge is 0.383 e. The fourth-order valence-corrected chi connectivity index (χ4v) is 1.70. The number of rotatable bonds is 8. The van der Waals surface area contributed by atoms with Crippen LogP contribution in [0.3, 0.4) is 0 Å². The monoisotopic (exact) mass is 250 g/mol. The van der Waals surface area contributed by atoms with Gasteiger partial charge < -0.3 is 15.4 Å². The van der Waals surface area contributed by atoms with E-state index >= 15 is 0 Å². The van der Waals surface area contributed by atoms with Crippen molar-refractivity contribution in [1.82, 2.24) is 10.6 Å². The average Bonchev–Trinajstić information content (AvgIpc) is 2.36. The van der Waals surface area contributed by atoms with E-state index in [-0.39, 0.29) is 11.9 Å². The van der Waals surface area contributed by atoms with Crippen molar-refractivity contribution in [3.8, 4) is 0 Å². The number of hydrogen-bond acceptors (Lipinski definition) is 3. The molecular formula is C14H22N2O2. The van der Waals surface area contributed by atoms with Crippen molar-refractivity contribution in [3.63, 3.8) is 0 Å². The molecule has 0 saturated carbocycles. The summed E-state index contributed by atoms with van der Waals surface area (Å²) in [5.74, 6) is 0.00705. The van der Waals surface area contributed by atoms with Crippen molar-refractivity contribution < 1.29 is 9.53 Å². The van der Waals surface area contributed by atoms with Crippen LogP contribution in [0.4, 0.5) is 0 Å². The van der Waals surface area contributed by atoms with Crippen LogP contribution in [0.25, 0.3) is 0 Å². The Labute approximate surface area is 109 Å². The maximum absolute atomic E-state index is 11.5. The fraction of sp³-hybridized carbons (Fsp3) is 0.500. The zero-order chi connectivity index (χ0) is 13.2. The van der Waals surface area contributed by atoms with Crippen LogP contribution in [0, 0.1) is 0 Å². The number of carbonyl (C=O) groups is 1. The van der Waals surface area contributed by atoms with E-state index in [2.05, 4.69) is 22.8 Å². The van der Waals surface area contributed by atoms with Gasteiger partial charge in [0.05, 0.1) is 13.2 Å². The van der Waals surface area contributed by atoms with Crippen molar-refractivity contribution in [2.24, 2.45) is 0 Å². The van der Waals surface area contributed by atoms with E-state index in [1.165, 1.54) is 5.56 Å². The number of methoxy groups -OCH3 is 1. The van der Waals surface area contributed by atoms with Crippen molar-refractivity contribution in [2.75, 3.05) is 26.8 Å². The van der Waals surface area contributed by atoms with Crippen LogP contribution in [0.15, 0.2) is 30.3 Å². The molecule has 0 saturated heterocycles. The smallest absolute Gasteiger partial charge is 0.234 e. The summed E-state index contributed by atoms with van der Waals surface area (Å²) in [7, 11) is 1.63. The van der Waals surface area contributed by atoms with Gasteiger partial charge in [0.25, 0.3) is 0 Å². The number of nitrogens with one attached hydrogen (secondary N) is 2. The number of hydrogen-bond donors (Lipinski definition) is 2. The average molecular weight is 250 g/mol. The zero-order valence-corrected chi connectivity index (χ0v) is 11.1. The summed E-state index contributed by atoms with van der Waals surface area (Å²) in [5.41, 5.74) is 1.28. The van der Waals surface area contributed by atoms with Gasteiger partial charge in [-0.15, -0.1) is 0 Å². The highest BCUT2D eigenvalue weighted by atomic mass is 16.5. The summed E-state index contributed by atoms with van der Waals surface area (Å²) >= 11 is 0. The van der Waals surface area contributed by atoms with Gasteiger partial charge in [0.2, 0.25) is 5.91 Å². The van der Waals surface area contributed by atoms with Gasteiger partial charge in [-0.05, 0) is 25.5 Å². The highest BCUT2D eigenvalue weighted by Gasteiger charge is 2.05. The zero-order valence-electron chi connectivity index (χ0n) is 11.1. The third-order valence-electron chi connectivity index (χ3n) is 2.54. The molecular weight excluding hydrogens is 228 g/mol. The van der Waals surface area contributed by atoms with Gasteiger partial charge in [-0.25, -0.2) is 0 Å². The predicted octanol–water partition coefficient (Wildman–Crippen LogP) is 0.970.